The number of hydrogen-bond acceptors (Lipinski definition) is 5. The summed E-state index contributed by atoms with van der Waals surface area (Å²) in [6, 6.07) is 12.7. The molecule has 0 spiro atoms. The zero-order chi connectivity index (χ0) is 19.8. The predicted molar refractivity (Wildman–Crippen MR) is 110 cm³/mol. The standard InChI is InChI=1S/C20H24N2O4S/c1-13-9-10-15(19(23)25-4)11-16(13)22-20(27)21-14(2)12-26-18-8-6-5-7-17(18)24-3/h5-11,14H,12H2,1-4H3,(H2,21,22,27)/t14-/m0/s1. The molecule has 2 aromatic rings. The van der Waals surface area contributed by atoms with E-state index >= 15 is 0 Å². The highest BCUT2D eigenvalue weighted by Crippen LogP contribution is 2.25. The van der Waals surface area contributed by atoms with Gasteiger partial charge in [-0.1, -0.05) is 18.2 Å². The third-order valence-corrected chi connectivity index (χ3v) is 4.06. The maximum Gasteiger partial charge on any atom is 0.337 e. The Morgan fingerprint density at radius 1 is 1.15 bits per heavy atom. The van der Waals surface area contributed by atoms with E-state index in [1.807, 2.05) is 44.2 Å². The molecule has 2 rings (SSSR count). The van der Waals surface area contributed by atoms with Gasteiger partial charge in [-0.25, -0.2) is 4.79 Å². The molecule has 0 saturated heterocycles. The highest BCUT2D eigenvalue weighted by Gasteiger charge is 2.11. The minimum atomic E-state index is -0.393. The van der Waals surface area contributed by atoms with Crippen LogP contribution in [0.3, 0.4) is 0 Å². The highest BCUT2D eigenvalue weighted by molar-refractivity contribution is 7.80. The molecular weight excluding hydrogens is 364 g/mol. The van der Waals surface area contributed by atoms with Crippen LogP contribution in [0, 0.1) is 6.92 Å². The Balaban J connectivity index is 1.92. The van der Waals surface area contributed by atoms with Gasteiger partial charge < -0.3 is 24.8 Å². The molecule has 0 radical (unpaired) electrons. The summed E-state index contributed by atoms with van der Waals surface area (Å²) in [5.74, 6) is 0.963. The van der Waals surface area contributed by atoms with Crippen molar-refractivity contribution in [1.29, 1.82) is 0 Å². The zero-order valence-electron chi connectivity index (χ0n) is 15.9. The van der Waals surface area contributed by atoms with E-state index in [2.05, 4.69) is 10.6 Å². The Morgan fingerprint density at radius 3 is 2.52 bits per heavy atom. The molecule has 144 valence electrons. The van der Waals surface area contributed by atoms with Crippen LogP contribution in [0.1, 0.15) is 22.8 Å². The largest absolute Gasteiger partial charge is 0.493 e. The molecule has 7 heteroatoms. The molecule has 0 saturated carbocycles. The van der Waals surface area contributed by atoms with Crippen LogP contribution < -0.4 is 20.1 Å². The number of anilines is 1. The molecule has 0 fully saturated rings. The van der Waals surface area contributed by atoms with Crippen molar-refractivity contribution >= 4 is 29.0 Å². The number of para-hydroxylation sites is 2. The number of esters is 1. The van der Waals surface area contributed by atoms with Crippen LogP contribution in [0.2, 0.25) is 0 Å². The van der Waals surface area contributed by atoms with Crippen molar-refractivity contribution in [2.75, 3.05) is 26.1 Å². The molecule has 0 heterocycles. The van der Waals surface area contributed by atoms with E-state index in [9.17, 15) is 4.79 Å². The smallest absolute Gasteiger partial charge is 0.337 e. The highest BCUT2D eigenvalue weighted by atomic mass is 32.1. The van der Waals surface area contributed by atoms with Crippen LogP contribution in [0.15, 0.2) is 42.5 Å². The summed E-state index contributed by atoms with van der Waals surface area (Å²) >= 11 is 5.37. The van der Waals surface area contributed by atoms with Gasteiger partial charge in [-0.2, -0.15) is 0 Å². The zero-order valence-corrected chi connectivity index (χ0v) is 16.7. The quantitative estimate of drug-likeness (QED) is 0.555. The summed E-state index contributed by atoms with van der Waals surface area (Å²) in [6.45, 7) is 4.30. The molecule has 0 aliphatic rings. The first-order valence-electron chi connectivity index (χ1n) is 8.47. The summed E-state index contributed by atoms with van der Waals surface area (Å²) in [6.07, 6.45) is 0. The number of hydrogen-bond donors (Lipinski definition) is 2. The van der Waals surface area contributed by atoms with Gasteiger partial charge in [0.2, 0.25) is 0 Å². The van der Waals surface area contributed by atoms with Crippen molar-refractivity contribution in [2.24, 2.45) is 0 Å². The molecule has 1 atom stereocenters. The van der Waals surface area contributed by atoms with Crippen molar-refractivity contribution in [3.63, 3.8) is 0 Å². The molecule has 27 heavy (non-hydrogen) atoms. The maximum absolute atomic E-state index is 11.7. The average Bonchev–Trinajstić information content (AvgIpc) is 2.67. The summed E-state index contributed by atoms with van der Waals surface area (Å²) in [4.78, 5) is 11.7. The monoisotopic (exact) mass is 388 g/mol. The summed E-state index contributed by atoms with van der Waals surface area (Å²) < 4.78 is 15.8. The second kappa shape index (κ2) is 9.78. The third kappa shape index (κ3) is 5.86. The van der Waals surface area contributed by atoms with E-state index in [0.29, 0.717) is 28.8 Å². The molecule has 6 nitrogen and oxygen atoms in total. The lowest BCUT2D eigenvalue weighted by molar-refractivity contribution is 0.0601. The molecule has 0 aliphatic heterocycles. The molecule has 0 unspecified atom stereocenters. The Bertz CT molecular complexity index is 810. The van der Waals surface area contributed by atoms with E-state index in [0.717, 1.165) is 11.3 Å². The molecule has 0 amide bonds. The molecule has 0 aliphatic carbocycles. The Kier molecular flexibility index (Phi) is 7.43. The van der Waals surface area contributed by atoms with Crippen LogP contribution in [0.25, 0.3) is 0 Å². The van der Waals surface area contributed by atoms with Gasteiger partial charge >= 0.3 is 5.97 Å². The fourth-order valence-electron chi connectivity index (χ4n) is 2.38. The van der Waals surface area contributed by atoms with E-state index < -0.39 is 5.97 Å². The van der Waals surface area contributed by atoms with E-state index in [1.165, 1.54) is 7.11 Å². The van der Waals surface area contributed by atoms with Crippen LogP contribution in [-0.2, 0) is 4.74 Å². The van der Waals surface area contributed by atoms with Gasteiger partial charge in [-0.3, -0.25) is 0 Å². The van der Waals surface area contributed by atoms with E-state index in [4.69, 9.17) is 26.4 Å². The summed E-state index contributed by atoms with van der Waals surface area (Å²) in [5.41, 5.74) is 2.17. The van der Waals surface area contributed by atoms with Crippen molar-refractivity contribution < 1.29 is 19.0 Å². The van der Waals surface area contributed by atoms with Crippen molar-refractivity contribution in [1.82, 2.24) is 5.32 Å². The summed E-state index contributed by atoms with van der Waals surface area (Å²) in [5, 5.41) is 6.72. The minimum absolute atomic E-state index is 0.0426. The summed E-state index contributed by atoms with van der Waals surface area (Å²) in [7, 11) is 2.96. The number of nitrogens with one attached hydrogen (secondary N) is 2. The number of methoxy groups -OCH3 is 2. The van der Waals surface area contributed by atoms with Crippen LogP contribution in [0.4, 0.5) is 5.69 Å². The topological polar surface area (TPSA) is 68.8 Å². The first-order valence-corrected chi connectivity index (χ1v) is 8.87. The number of carbonyl (C=O) groups is 1. The van der Waals surface area contributed by atoms with Crippen molar-refractivity contribution in [2.45, 2.75) is 19.9 Å². The van der Waals surface area contributed by atoms with Crippen molar-refractivity contribution in [3.05, 3.63) is 53.6 Å². The van der Waals surface area contributed by atoms with Gasteiger partial charge in [-0.05, 0) is 55.9 Å². The molecule has 2 N–H and O–H groups in total. The predicted octanol–water partition coefficient (Wildman–Crippen LogP) is 3.54. The number of carbonyl (C=O) groups excluding carboxylic acids is 1. The number of ether oxygens (including phenoxy) is 3. The average molecular weight is 388 g/mol. The van der Waals surface area contributed by atoms with E-state index in [1.54, 1.807) is 19.2 Å². The van der Waals surface area contributed by atoms with Gasteiger partial charge in [0.05, 0.1) is 25.8 Å². The molecule has 2 aromatic carbocycles. The van der Waals surface area contributed by atoms with Crippen molar-refractivity contribution in [3.8, 4) is 11.5 Å². The fraction of sp³-hybridized carbons (Fsp3) is 0.300. The Hall–Kier alpha value is -2.80. The van der Waals surface area contributed by atoms with Gasteiger partial charge in [0.25, 0.3) is 0 Å². The number of aryl methyl sites for hydroxylation is 1. The SMILES string of the molecule is COC(=O)c1ccc(C)c(NC(=S)N[C@@H](C)COc2ccccc2OC)c1. The first kappa shape index (κ1) is 20.5. The minimum Gasteiger partial charge on any atom is -0.493 e. The second-order valence-corrected chi connectivity index (χ2v) is 6.39. The Morgan fingerprint density at radius 2 is 1.85 bits per heavy atom. The lowest BCUT2D eigenvalue weighted by Crippen LogP contribution is -2.39. The normalized spacial score (nSPS) is 11.3. The first-order chi connectivity index (χ1) is 12.9. The fourth-order valence-corrected chi connectivity index (χ4v) is 2.69. The lowest BCUT2D eigenvalue weighted by Gasteiger charge is -2.19. The van der Waals surface area contributed by atoms with Crippen LogP contribution in [0.5, 0.6) is 11.5 Å². The van der Waals surface area contributed by atoms with Gasteiger partial charge in [0.1, 0.15) is 6.61 Å². The number of benzene rings is 2. The number of thiocarbonyl (C=S) groups is 1. The van der Waals surface area contributed by atoms with Crippen LogP contribution in [-0.4, -0.2) is 38.0 Å². The third-order valence-electron chi connectivity index (χ3n) is 3.84. The van der Waals surface area contributed by atoms with E-state index in [-0.39, 0.29) is 6.04 Å². The number of rotatable bonds is 7. The van der Waals surface area contributed by atoms with Gasteiger partial charge in [-0.15, -0.1) is 0 Å². The van der Waals surface area contributed by atoms with Gasteiger partial charge in [0.15, 0.2) is 16.6 Å². The van der Waals surface area contributed by atoms with Gasteiger partial charge in [0, 0.05) is 5.69 Å². The second-order valence-electron chi connectivity index (χ2n) is 5.98. The Labute approximate surface area is 164 Å². The lowest BCUT2D eigenvalue weighted by atomic mass is 10.1. The molecule has 0 bridgehead atoms. The molecule has 0 aromatic heterocycles. The molecular formula is C20H24N2O4S. The van der Waals surface area contributed by atoms with Crippen LogP contribution >= 0.6 is 12.2 Å². The maximum atomic E-state index is 11.7.